The molecule has 0 bridgehead atoms. The van der Waals surface area contributed by atoms with Crippen LogP contribution in [0.4, 0.5) is 13.2 Å². The van der Waals surface area contributed by atoms with E-state index in [1.807, 2.05) is 0 Å². The average Bonchev–Trinajstić information content (AvgIpc) is 2.95. The maximum absolute atomic E-state index is 12.8. The van der Waals surface area contributed by atoms with Gasteiger partial charge in [0.1, 0.15) is 6.54 Å². The molecule has 0 spiro atoms. The zero-order chi connectivity index (χ0) is 14.9. The summed E-state index contributed by atoms with van der Waals surface area (Å²) >= 11 is 0. The summed E-state index contributed by atoms with van der Waals surface area (Å²) in [5.41, 5.74) is -2.64. The lowest BCUT2D eigenvalue weighted by molar-refractivity contribution is -0.144. The number of halogens is 3. The number of aryl methyl sites for hydroxylation is 1. The molecule has 0 aliphatic rings. The van der Waals surface area contributed by atoms with Crippen LogP contribution in [-0.2, 0) is 19.1 Å². The third-order valence-electron chi connectivity index (χ3n) is 2.30. The lowest BCUT2D eigenvalue weighted by Gasteiger charge is -2.08. The van der Waals surface area contributed by atoms with Gasteiger partial charge in [0.2, 0.25) is 17.5 Å². The molecule has 0 aliphatic carbocycles. The third kappa shape index (κ3) is 2.60. The Morgan fingerprint density at radius 2 is 1.95 bits per heavy atom. The molecule has 0 fully saturated rings. The summed E-state index contributed by atoms with van der Waals surface area (Å²) in [6, 6.07) is 0. The maximum Gasteiger partial charge on any atom is 0.435 e. The molecular weight excluding hydrogens is 283 g/mol. The summed E-state index contributed by atoms with van der Waals surface area (Å²) in [4.78, 5) is 10.7. The smallest absolute Gasteiger partial charge is 0.435 e. The van der Waals surface area contributed by atoms with Gasteiger partial charge in [0.15, 0.2) is 5.69 Å². The Morgan fingerprint density at radius 3 is 2.45 bits per heavy atom. The van der Waals surface area contributed by atoms with Crippen molar-refractivity contribution in [3.8, 4) is 0 Å². The number of hydrogen-bond donors (Lipinski definition) is 1. The largest absolute Gasteiger partial charge is 0.476 e. The van der Waals surface area contributed by atoms with Crippen LogP contribution < -0.4 is 0 Å². The maximum atomic E-state index is 12.8. The van der Waals surface area contributed by atoms with Gasteiger partial charge in [-0.1, -0.05) is 12.1 Å². The molecule has 20 heavy (non-hydrogen) atoms. The number of aromatic nitrogens is 5. The van der Waals surface area contributed by atoms with Crippen LogP contribution in [0.2, 0.25) is 0 Å². The van der Waals surface area contributed by atoms with Crippen LogP contribution in [0, 0.1) is 0 Å². The molecule has 0 amide bonds. The van der Waals surface area contributed by atoms with E-state index >= 15 is 0 Å². The fourth-order valence-electron chi connectivity index (χ4n) is 1.47. The normalized spacial score (nSPS) is 11.8. The summed E-state index contributed by atoms with van der Waals surface area (Å²) in [6.07, 6.45) is -4.48. The molecule has 11 heteroatoms. The van der Waals surface area contributed by atoms with Crippen molar-refractivity contribution in [3.63, 3.8) is 0 Å². The molecule has 1 N–H and O–H groups in total. The summed E-state index contributed by atoms with van der Waals surface area (Å²) in [6.45, 7) is 1.22. The molecule has 2 rings (SSSR count). The third-order valence-corrected chi connectivity index (χ3v) is 2.30. The monoisotopic (exact) mass is 291 g/mol. The molecular formula is C9H8F3N5O3. The Morgan fingerprint density at radius 1 is 1.30 bits per heavy atom. The Hall–Kier alpha value is -2.46. The lowest BCUT2D eigenvalue weighted by atomic mass is 10.3. The molecule has 0 saturated heterocycles. The minimum Gasteiger partial charge on any atom is -0.476 e. The van der Waals surface area contributed by atoms with Gasteiger partial charge in [0.05, 0.1) is 0 Å². The number of hydrogen-bond acceptors (Lipinski definition) is 6. The number of aromatic carboxylic acids is 1. The minimum atomic E-state index is -4.91. The summed E-state index contributed by atoms with van der Waals surface area (Å²) in [7, 11) is 0. The van der Waals surface area contributed by atoms with Gasteiger partial charge in [0, 0.05) is 6.42 Å². The SMILES string of the molecule is CCc1nnc(Cn2nnc(C(=O)O)c2C(F)(F)F)o1. The van der Waals surface area contributed by atoms with E-state index in [2.05, 4.69) is 20.5 Å². The standard InChI is InChI=1S/C9H8F3N5O3/c1-2-4-13-14-5(20-4)3-17-7(9(10,11)12)6(8(18)19)15-16-17/h2-3H2,1H3,(H,18,19). The highest BCUT2D eigenvalue weighted by atomic mass is 19.4. The first-order chi connectivity index (χ1) is 9.32. The van der Waals surface area contributed by atoms with Crippen molar-refractivity contribution >= 4 is 5.97 Å². The fraction of sp³-hybridized carbons (Fsp3) is 0.444. The second kappa shape index (κ2) is 4.90. The molecule has 108 valence electrons. The molecule has 2 heterocycles. The zero-order valence-corrected chi connectivity index (χ0v) is 10.0. The van der Waals surface area contributed by atoms with Crippen molar-refractivity contribution in [2.45, 2.75) is 26.1 Å². The van der Waals surface area contributed by atoms with Crippen LogP contribution in [0.3, 0.4) is 0 Å². The van der Waals surface area contributed by atoms with E-state index < -0.39 is 30.1 Å². The van der Waals surface area contributed by atoms with Crippen molar-refractivity contribution in [1.82, 2.24) is 25.2 Å². The van der Waals surface area contributed by atoms with Crippen LogP contribution in [0.5, 0.6) is 0 Å². The highest BCUT2D eigenvalue weighted by molar-refractivity contribution is 5.86. The molecule has 0 aliphatic heterocycles. The van der Waals surface area contributed by atoms with Gasteiger partial charge in [-0.25, -0.2) is 9.48 Å². The van der Waals surface area contributed by atoms with E-state index in [4.69, 9.17) is 9.52 Å². The fourth-order valence-corrected chi connectivity index (χ4v) is 1.47. The van der Waals surface area contributed by atoms with Gasteiger partial charge in [-0.05, 0) is 0 Å². The van der Waals surface area contributed by atoms with E-state index in [9.17, 15) is 18.0 Å². The Bertz CT molecular complexity index is 633. The summed E-state index contributed by atoms with van der Waals surface area (Å²) in [5, 5.41) is 22.0. The van der Waals surface area contributed by atoms with Gasteiger partial charge in [-0.2, -0.15) is 13.2 Å². The van der Waals surface area contributed by atoms with Gasteiger partial charge in [-0.15, -0.1) is 15.3 Å². The number of carboxylic acids is 1. The quantitative estimate of drug-likeness (QED) is 0.894. The average molecular weight is 291 g/mol. The van der Waals surface area contributed by atoms with Crippen LogP contribution in [0.15, 0.2) is 4.42 Å². The second-order valence-electron chi connectivity index (χ2n) is 3.69. The van der Waals surface area contributed by atoms with Crippen molar-refractivity contribution in [2.75, 3.05) is 0 Å². The van der Waals surface area contributed by atoms with E-state index in [0.29, 0.717) is 11.1 Å². The van der Waals surface area contributed by atoms with E-state index in [0.717, 1.165) is 0 Å². The van der Waals surface area contributed by atoms with E-state index in [1.54, 1.807) is 6.92 Å². The number of nitrogens with zero attached hydrogens (tertiary/aromatic N) is 5. The van der Waals surface area contributed by atoms with Crippen LogP contribution >= 0.6 is 0 Å². The Labute approximate surface area is 109 Å². The van der Waals surface area contributed by atoms with Crippen molar-refractivity contribution in [1.29, 1.82) is 0 Å². The van der Waals surface area contributed by atoms with Crippen molar-refractivity contribution in [2.24, 2.45) is 0 Å². The molecule has 0 radical (unpaired) electrons. The number of rotatable bonds is 4. The molecule has 2 aromatic heterocycles. The van der Waals surface area contributed by atoms with Crippen LogP contribution in [0.25, 0.3) is 0 Å². The highest BCUT2D eigenvalue weighted by Crippen LogP contribution is 2.31. The van der Waals surface area contributed by atoms with Gasteiger partial charge in [0.25, 0.3) is 0 Å². The number of carbonyl (C=O) groups is 1. The van der Waals surface area contributed by atoms with Crippen molar-refractivity contribution < 1.29 is 27.5 Å². The summed E-state index contributed by atoms with van der Waals surface area (Å²) in [5.74, 6) is -1.68. The number of alkyl halides is 3. The minimum absolute atomic E-state index is 0.116. The Balaban J connectivity index is 2.39. The molecule has 8 nitrogen and oxygen atoms in total. The lowest BCUT2D eigenvalue weighted by Crippen LogP contribution is -2.19. The molecule has 2 aromatic rings. The second-order valence-corrected chi connectivity index (χ2v) is 3.69. The molecule has 0 atom stereocenters. The topological polar surface area (TPSA) is 107 Å². The predicted molar refractivity (Wildman–Crippen MR) is 54.8 cm³/mol. The predicted octanol–water partition coefficient (Wildman–Crippen LogP) is 0.989. The summed E-state index contributed by atoms with van der Waals surface area (Å²) < 4.78 is 44.0. The van der Waals surface area contributed by atoms with Gasteiger partial charge < -0.3 is 9.52 Å². The molecule has 0 saturated carbocycles. The van der Waals surface area contributed by atoms with E-state index in [1.165, 1.54) is 0 Å². The molecule has 0 unspecified atom stereocenters. The first-order valence-electron chi connectivity index (χ1n) is 5.38. The van der Waals surface area contributed by atoms with E-state index in [-0.39, 0.29) is 11.8 Å². The Kier molecular flexibility index (Phi) is 3.42. The van der Waals surface area contributed by atoms with Crippen LogP contribution in [0.1, 0.15) is 34.9 Å². The number of carboxylic acid groups (broad SMARTS) is 1. The van der Waals surface area contributed by atoms with Gasteiger partial charge in [-0.3, -0.25) is 0 Å². The zero-order valence-electron chi connectivity index (χ0n) is 10.0. The first-order valence-corrected chi connectivity index (χ1v) is 5.38. The van der Waals surface area contributed by atoms with Crippen molar-refractivity contribution in [3.05, 3.63) is 23.2 Å². The molecule has 0 aromatic carbocycles. The highest BCUT2D eigenvalue weighted by Gasteiger charge is 2.41. The first kappa shape index (κ1) is 14.0. The van der Waals surface area contributed by atoms with Crippen LogP contribution in [-0.4, -0.2) is 36.3 Å². The van der Waals surface area contributed by atoms with Gasteiger partial charge >= 0.3 is 12.1 Å².